The van der Waals surface area contributed by atoms with Crippen molar-refractivity contribution in [2.75, 3.05) is 0 Å². The first kappa shape index (κ1) is 9.78. The van der Waals surface area contributed by atoms with E-state index >= 15 is 0 Å². The first-order chi connectivity index (χ1) is 7.36. The molecular weight excluding hydrogens is 184 g/mol. The third-order valence-electron chi connectivity index (χ3n) is 2.19. The molecule has 0 aliphatic rings. The Kier molecular flexibility index (Phi) is 3.03. The second-order valence-electron chi connectivity index (χ2n) is 3.33. The molecule has 1 radical (unpaired) electrons. The second kappa shape index (κ2) is 4.65. The van der Waals surface area contributed by atoms with Crippen molar-refractivity contribution < 1.29 is 4.74 Å². The van der Waals surface area contributed by atoms with Gasteiger partial charge in [-0.2, -0.15) is 0 Å². The first-order valence-corrected chi connectivity index (χ1v) is 4.96. The van der Waals surface area contributed by atoms with Gasteiger partial charge in [-0.25, -0.2) is 0 Å². The highest BCUT2D eigenvalue weighted by Gasteiger charge is 2.05. The summed E-state index contributed by atoms with van der Waals surface area (Å²) in [5.41, 5.74) is 1.08. The van der Waals surface area contributed by atoms with Crippen LogP contribution in [0.1, 0.15) is 11.7 Å². The number of hydrogen-bond acceptors (Lipinski definition) is 1. The molecular formula is C14H13O. The molecule has 15 heavy (non-hydrogen) atoms. The van der Waals surface area contributed by atoms with E-state index in [9.17, 15) is 0 Å². The Hall–Kier alpha value is -1.76. The smallest absolute Gasteiger partial charge is 0.124 e. The van der Waals surface area contributed by atoms with E-state index < -0.39 is 0 Å². The van der Waals surface area contributed by atoms with Gasteiger partial charge in [0.25, 0.3) is 0 Å². The number of para-hydroxylation sites is 1. The molecule has 2 aromatic rings. The van der Waals surface area contributed by atoms with Gasteiger partial charge in [-0.05, 0) is 24.6 Å². The maximum absolute atomic E-state index is 5.69. The summed E-state index contributed by atoms with van der Waals surface area (Å²) in [4.78, 5) is 0. The van der Waals surface area contributed by atoms with E-state index in [-0.39, 0.29) is 6.10 Å². The molecule has 75 valence electrons. The van der Waals surface area contributed by atoms with Gasteiger partial charge >= 0.3 is 0 Å². The van der Waals surface area contributed by atoms with Crippen LogP contribution >= 0.6 is 0 Å². The minimum atomic E-state index is -0.159. The largest absolute Gasteiger partial charge is 0.486 e. The van der Waals surface area contributed by atoms with E-state index in [0.29, 0.717) is 0 Å². The third kappa shape index (κ3) is 2.59. The van der Waals surface area contributed by atoms with Gasteiger partial charge in [-0.15, -0.1) is 0 Å². The summed E-state index contributed by atoms with van der Waals surface area (Å²) < 4.78 is 5.69. The SMILES string of the molecule is [CH2]C(Oc1ccccc1)c1ccccc1. The summed E-state index contributed by atoms with van der Waals surface area (Å²) in [6.45, 7) is 3.98. The lowest BCUT2D eigenvalue weighted by Gasteiger charge is -2.14. The predicted molar refractivity (Wildman–Crippen MR) is 61.6 cm³/mol. The summed E-state index contributed by atoms with van der Waals surface area (Å²) in [6, 6.07) is 19.7. The fourth-order valence-corrected chi connectivity index (χ4v) is 1.40. The molecule has 1 heteroatoms. The monoisotopic (exact) mass is 197 g/mol. The zero-order chi connectivity index (χ0) is 10.5. The van der Waals surface area contributed by atoms with Gasteiger partial charge in [0.05, 0.1) is 0 Å². The molecule has 0 bridgehead atoms. The Morgan fingerprint density at radius 2 is 1.33 bits per heavy atom. The molecule has 0 fully saturated rings. The van der Waals surface area contributed by atoms with Crippen LogP contribution in [0.25, 0.3) is 0 Å². The number of ether oxygens (including phenoxy) is 1. The first-order valence-electron chi connectivity index (χ1n) is 4.96. The lowest BCUT2D eigenvalue weighted by Crippen LogP contribution is -2.02. The van der Waals surface area contributed by atoms with Gasteiger partial charge in [0, 0.05) is 0 Å². The summed E-state index contributed by atoms with van der Waals surface area (Å²) in [5.74, 6) is 0.848. The summed E-state index contributed by atoms with van der Waals surface area (Å²) >= 11 is 0. The highest BCUT2D eigenvalue weighted by atomic mass is 16.5. The average molecular weight is 197 g/mol. The number of rotatable bonds is 3. The van der Waals surface area contributed by atoms with Gasteiger partial charge in [0.2, 0.25) is 0 Å². The highest BCUT2D eigenvalue weighted by Crippen LogP contribution is 2.20. The van der Waals surface area contributed by atoms with Crippen LogP contribution in [0.3, 0.4) is 0 Å². The lowest BCUT2D eigenvalue weighted by atomic mass is 10.1. The van der Waals surface area contributed by atoms with Crippen molar-refractivity contribution >= 4 is 0 Å². The average Bonchev–Trinajstić information content (AvgIpc) is 2.31. The van der Waals surface area contributed by atoms with Crippen LogP contribution in [0, 0.1) is 6.92 Å². The van der Waals surface area contributed by atoms with E-state index in [1.165, 1.54) is 0 Å². The molecule has 0 spiro atoms. The van der Waals surface area contributed by atoms with Crippen molar-refractivity contribution in [3.8, 4) is 5.75 Å². The zero-order valence-electron chi connectivity index (χ0n) is 8.47. The molecule has 2 aromatic carbocycles. The van der Waals surface area contributed by atoms with Crippen LogP contribution in [-0.4, -0.2) is 0 Å². The fourth-order valence-electron chi connectivity index (χ4n) is 1.40. The Labute approximate surface area is 90.3 Å². The van der Waals surface area contributed by atoms with Crippen LogP contribution in [0.2, 0.25) is 0 Å². The van der Waals surface area contributed by atoms with Crippen molar-refractivity contribution in [3.05, 3.63) is 73.2 Å². The van der Waals surface area contributed by atoms with Crippen LogP contribution in [0.4, 0.5) is 0 Å². The van der Waals surface area contributed by atoms with Crippen molar-refractivity contribution in [1.29, 1.82) is 0 Å². The van der Waals surface area contributed by atoms with E-state index in [1.807, 2.05) is 60.7 Å². The quantitative estimate of drug-likeness (QED) is 0.730. The Bertz CT molecular complexity index is 394. The number of benzene rings is 2. The van der Waals surface area contributed by atoms with E-state index in [0.717, 1.165) is 11.3 Å². The van der Waals surface area contributed by atoms with Gasteiger partial charge in [-0.3, -0.25) is 0 Å². The molecule has 0 N–H and O–H groups in total. The molecule has 0 aromatic heterocycles. The van der Waals surface area contributed by atoms with Gasteiger partial charge in [0.15, 0.2) is 0 Å². The van der Waals surface area contributed by atoms with Crippen molar-refractivity contribution in [1.82, 2.24) is 0 Å². The van der Waals surface area contributed by atoms with Crippen molar-refractivity contribution in [2.45, 2.75) is 6.10 Å². The minimum absolute atomic E-state index is 0.159. The number of hydrogen-bond donors (Lipinski definition) is 0. The van der Waals surface area contributed by atoms with Gasteiger partial charge in [-0.1, -0.05) is 48.5 Å². The van der Waals surface area contributed by atoms with Crippen molar-refractivity contribution in [3.63, 3.8) is 0 Å². The van der Waals surface area contributed by atoms with E-state index in [1.54, 1.807) is 0 Å². The lowest BCUT2D eigenvalue weighted by molar-refractivity contribution is 0.253. The highest BCUT2D eigenvalue weighted by molar-refractivity contribution is 5.24. The topological polar surface area (TPSA) is 9.23 Å². The summed E-state index contributed by atoms with van der Waals surface area (Å²) in [5, 5.41) is 0. The molecule has 0 amide bonds. The Morgan fingerprint density at radius 3 is 1.93 bits per heavy atom. The predicted octanol–water partition coefficient (Wildman–Crippen LogP) is 3.64. The molecule has 0 saturated carbocycles. The van der Waals surface area contributed by atoms with Crippen LogP contribution in [0.5, 0.6) is 5.75 Å². The molecule has 2 rings (SSSR count). The summed E-state index contributed by atoms with van der Waals surface area (Å²) in [7, 11) is 0. The maximum Gasteiger partial charge on any atom is 0.124 e. The Morgan fingerprint density at radius 1 is 0.800 bits per heavy atom. The van der Waals surface area contributed by atoms with Gasteiger partial charge in [0.1, 0.15) is 11.9 Å². The molecule has 0 saturated heterocycles. The molecule has 1 unspecified atom stereocenters. The second-order valence-corrected chi connectivity index (χ2v) is 3.33. The van der Waals surface area contributed by atoms with Crippen LogP contribution < -0.4 is 4.74 Å². The third-order valence-corrected chi connectivity index (χ3v) is 2.19. The van der Waals surface area contributed by atoms with E-state index in [4.69, 9.17) is 4.74 Å². The molecule has 1 nitrogen and oxygen atoms in total. The molecule has 0 aliphatic carbocycles. The van der Waals surface area contributed by atoms with Crippen LogP contribution in [0.15, 0.2) is 60.7 Å². The van der Waals surface area contributed by atoms with E-state index in [2.05, 4.69) is 6.92 Å². The minimum Gasteiger partial charge on any atom is -0.486 e. The standard InChI is InChI=1S/C14H13O/c1-12(13-8-4-2-5-9-13)15-14-10-6-3-7-11-14/h2-12H,1H2. The van der Waals surface area contributed by atoms with Crippen LogP contribution in [-0.2, 0) is 0 Å². The maximum atomic E-state index is 5.69. The van der Waals surface area contributed by atoms with Crippen molar-refractivity contribution in [2.24, 2.45) is 0 Å². The summed E-state index contributed by atoms with van der Waals surface area (Å²) in [6.07, 6.45) is -0.159. The normalized spacial score (nSPS) is 12.1. The van der Waals surface area contributed by atoms with Gasteiger partial charge < -0.3 is 4.74 Å². The molecule has 1 atom stereocenters. The molecule has 0 heterocycles. The Balaban J connectivity index is 2.08. The fraction of sp³-hybridized carbons (Fsp3) is 0.0714. The molecule has 0 aliphatic heterocycles. The zero-order valence-corrected chi connectivity index (χ0v) is 8.47.